The fourth-order valence-electron chi connectivity index (χ4n) is 2.08. The predicted octanol–water partition coefficient (Wildman–Crippen LogP) is 3.27. The van der Waals surface area contributed by atoms with E-state index in [0.717, 1.165) is 11.4 Å². The summed E-state index contributed by atoms with van der Waals surface area (Å²) in [6, 6.07) is 8.13. The molecule has 1 aromatic carbocycles. The van der Waals surface area contributed by atoms with Crippen molar-refractivity contribution in [1.29, 1.82) is 0 Å². The molecule has 2 rings (SSSR count). The molecule has 0 spiro atoms. The van der Waals surface area contributed by atoms with Gasteiger partial charge in [-0.05, 0) is 38.1 Å². The fourth-order valence-corrected chi connectivity index (χ4v) is 3.06. The van der Waals surface area contributed by atoms with E-state index in [9.17, 15) is 0 Å². The second kappa shape index (κ2) is 7.85. The number of rotatable bonds is 4. The fraction of sp³-hybridized carbons (Fsp3) is 0.538. The zero-order chi connectivity index (χ0) is 11.2. The minimum Gasteiger partial charge on any atom is -0.398 e. The standard InChI is InChI=1S/C13H20N2S.ClH/c14-12-6-2-3-7-13(12)16-11-10-15-8-4-1-5-9-15;/h2-3,6-7H,1,4-5,8-11,14H2;1H. The van der Waals surface area contributed by atoms with Gasteiger partial charge in [-0.1, -0.05) is 18.6 Å². The molecule has 0 unspecified atom stereocenters. The lowest BCUT2D eigenvalue weighted by atomic mass is 10.1. The highest BCUT2D eigenvalue weighted by Gasteiger charge is 2.09. The normalized spacial score (nSPS) is 16.5. The maximum absolute atomic E-state index is 5.91. The summed E-state index contributed by atoms with van der Waals surface area (Å²) in [7, 11) is 0. The number of likely N-dealkylation sites (tertiary alicyclic amines) is 1. The molecule has 1 aliphatic heterocycles. The molecule has 1 heterocycles. The Bertz CT molecular complexity index is 327. The number of thioether (sulfide) groups is 1. The van der Waals surface area contributed by atoms with E-state index < -0.39 is 0 Å². The Labute approximate surface area is 114 Å². The summed E-state index contributed by atoms with van der Waals surface area (Å²) in [6.45, 7) is 3.76. The Morgan fingerprint density at radius 1 is 1.12 bits per heavy atom. The topological polar surface area (TPSA) is 29.3 Å². The van der Waals surface area contributed by atoms with Crippen molar-refractivity contribution in [3.8, 4) is 0 Å². The molecule has 1 aromatic rings. The minimum absolute atomic E-state index is 0. The van der Waals surface area contributed by atoms with Gasteiger partial charge >= 0.3 is 0 Å². The third-order valence-corrected chi connectivity index (χ3v) is 4.10. The second-order valence-corrected chi connectivity index (χ2v) is 5.43. The van der Waals surface area contributed by atoms with Crippen LogP contribution in [0.2, 0.25) is 0 Å². The number of halogens is 1. The molecule has 0 atom stereocenters. The number of hydrogen-bond acceptors (Lipinski definition) is 3. The first-order valence-electron chi connectivity index (χ1n) is 6.06. The van der Waals surface area contributed by atoms with Crippen molar-refractivity contribution in [3.63, 3.8) is 0 Å². The number of hydrogen-bond donors (Lipinski definition) is 1. The Balaban J connectivity index is 0.00000144. The molecule has 0 amide bonds. The zero-order valence-electron chi connectivity index (χ0n) is 10.1. The molecule has 0 radical (unpaired) electrons. The van der Waals surface area contributed by atoms with Crippen molar-refractivity contribution < 1.29 is 0 Å². The van der Waals surface area contributed by atoms with Crippen molar-refractivity contribution in [2.24, 2.45) is 0 Å². The Hall–Kier alpha value is -0.380. The molecule has 1 aliphatic rings. The van der Waals surface area contributed by atoms with Gasteiger partial charge in [0.05, 0.1) is 0 Å². The number of anilines is 1. The van der Waals surface area contributed by atoms with E-state index >= 15 is 0 Å². The van der Waals surface area contributed by atoms with E-state index in [4.69, 9.17) is 5.73 Å². The summed E-state index contributed by atoms with van der Waals surface area (Å²) < 4.78 is 0. The van der Waals surface area contributed by atoms with Crippen LogP contribution in [0.1, 0.15) is 19.3 Å². The van der Waals surface area contributed by atoms with Gasteiger partial charge in [-0.3, -0.25) is 0 Å². The molecule has 0 aliphatic carbocycles. The number of nitrogen functional groups attached to an aromatic ring is 1. The van der Waals surface area contributed by atoms with Gasteiger partial charge in [0.25, 0.3) is 0 Å². The Morgan fingerprint density at radius 2 is 1.82 bits per heavy atom. The van der Waals surface area contributed by atoms with Crippen LogP contribution in [0.3, 0.4) is 0 Å². The van der Waals surface area contributed by atoms with Gasteiger partial charge in [0, 0.05) is 22.9 Å². The van der Waals surface area contributed by atoms with Gasteiger partial charge in [0.2, 0.25) is 0 Å². The molecule has 1 saturated heterocycles. The number of para-hydroxylation sites is 1. The predicted molar refractivity (Wildman–Crippen MR) is 79.1 cm³/mol. The van der Waals surface area contributed by atoms with E-state index in [1.54, 1.807) is 0 Å². The van der Waals surface area contributed by atoms with Gasteiger partial charge in [0.1, 0.15) is 0 Å². The van der Waals surface area contributed by atoms with E-state index in [1.165, 1.54) is 43.8 Å². The third kappa shape index (κ3) is 4.78. The summed E-state index contributed by atoms with van der Waals surface area (Å²) >= 11 is 1.87. The van der Waals surface area contributed by atoms with Crippen molar-refractivity contribution in [1.82, 2.24) is 4.90 Å². The summed E-state index contributed by atoms with van der Waals surface area (Å²) in [5.74, 6) is 1.15. The molecule has 4 heteroatoms. The van der Waals surface area contributed by atoms with Crippen LogP contribution in [0.25, 0.3) is 0 Å². The largest absolute Gasteiger partial charge is 0.398 e. The lowest BCUT2D eigenvalue weighted by Crippen LogP contribution is -2.31. The quantitative estimate of drug-likeness (QED) is 0.674. The van der Waals surface area contributed by atoms with Crippen molar-refractivity contribution in [3.05, 3.63) is 24.3 Å². The highest BCUT2D eigenvalue weighted by atomic mass is 35.5. The van der Waals surface area contributed by atoms with E-state index in [-0.39, 0.29) is 12.4 Å². The van der Waals surface area contributed by atoms with Crippen LogP contribution in [0.15, 0.2) is 29.2 Å². The monoisotopic (exact) mass is 272 g/mol. The molecular weight excluding hydrogens is 252 g/mol. The van der Waals surface area contributed by atoms with Crippen molar-refractivity contribution in [2.75, 3.05) is 31.1 Å². The number of nitrogens with two attached hydrogens (primary N) is 1. The summed E-state index contributed by atoms with van der Waals surface area (Å²) in [4.78, 5) is 3.79. The number of benzene rings is 1. The average molecular weight is 273 g/mol. The van der Waals surface area contributed by atoms with Gasteiger partial charge in [-0.15, -0.1) is 24.2 Å². The molecule has 0 bridgehead atoms. The summed E-state index contributed by atoms with van der Waals surface area (Å²) in [5.41, 5.74) is 6.81. The van der Waals surface area contributed by atoms with Gasteiger partial charge in [-0.25, -0.2) is 0 Å². The summed E-state index contributed by atoms with van der Waals surface area (Å²) in [5, 5.41) is 0. The highest BCUT2D eigenvalue weighted by molar-refractivity contribution is 7.99. The van der Waals surface area contributed by atoms with Crippen LogP contribution in [0.5, 0.6) is 0 Å². The Kier molecular flexibility index (Phi) is 6.78. The molecular formula is C13H21ClN2S. The first-order chi connectivity index (χ1) is 7.86. The first kappa shape index (κ1) is 14.7. The molecule has 1 fully saturated rings. The van der Waals surface area contributed by atoms with Crippen LogP contribution in [0, 0.1) is 0 Å². The van der Waals surface area contributed by atoms with Crippen LogP contribution in [-0.4, -0.2) is 30.3 Å². The highest BCUT2D eigenvalue weighted by Crippen LogP contribution is 2.24. The maximum Gasteiger partial charge on any atom is 0.0452 e. The van der Waals surface area contributed by atoms with E-state index in [0.29, 0.717) is 0 Å². The van der Waals surface area contributed by atoms with Crippen LogP contribution >= 0.6 is 24.2 Å². The molecule has 0 saturated carbocycles. The van der Waals surface area contributed by atoms with Crippen LogP contribution in [-0.2, 0) is 0 Å². The van der Waals surface area contributed by atoms with Gasteiger partial charge < -0.3 is 10.6 Å². The zero-order valence-corrected chi connectivity index (χ0v) is 11.7. The maximum atomic E-state index is 5.91. The van der Waals surface area contributed by atoms with Crippen LogP contribution < -0.4 is 5.73 Å². The molecule has 0 aromatic heterocycles. The third-order valence-electron chi connectivity index (χ3n) is 3.03. The second-order valence-electron chi connectivity index (χ2n) is 4.29. The molecule has 17 heavy (non-hydrogen) atoms. The molecule has 96 valence electrons. The summed E-state index contributed by atoms with van der Waals surface area (Å²) in [6.07, 6.45) is 4.16. The van der Waals surface area contributed by atoms with Gasteiger partial charge in [0.15, 0.2) is 0 Å². The Morgan fingerprint density at radius 3 is 2.53 bits per heavy atom. The first-order valence-corrected chi connectivity index (χ1v) is 7.04. The average Bonchev–Trinajstić information content (AvgIpc) is 2.33. The number of nitrogens with zero attached hydrogens (tertiary/aromatic N) is 1. The van der Waals surface area contributed by atoms with Crippen molar-refractivity contribution in [2.45, 2.75) is 24.2 Å². The van der Waals surface area contributed by atoms with E-state index in [2.05, 4.69) is 17.0 Å². The smallest absolute Gasteiger partial charge is 0.0452 e. The lowest BCUT2D eigenvalue weighted by molar-refractivity contribution is 0.242. The van der Waals surface area contributed by atoms with Crippen LogP contribution in [0.4, 0.5) is 5.69 Å². The number of piperidine rings is 1. The molecule has 2 N–H and O–H groups in total. The SMILES string of the molecule is Cl.Nc1ccccc1SCCN1CCCCC1. The van der Waals surface area contributed by atoms with E-state index in [1.807, 2.05) is 23.9 Å². The van der Waals surface area contributed by atoms with Gasteiger partial charge in [-0.2, -0.15) is 0 Å². The van der Waals surface area contributed by atoms with Crippen molar-refractivity contribution >= 4 is 29.9 Å². The molecule has 2 nitrogen and oxygen atoms in total. The minimum atomic E-state index is 0. The lowest BCUT2D eigenvalue weighted by Gasteiger charge is -2.26.